The predicted octanol–water partition coefficient (Wildman–Crippen LogP) is 3.72. The van der Waals surface area contributed by atoms with Crippen molar-refractivity contribution in [2.45, 2.75) is 45.6 Å². The Morgan fingerprint density at radius 3 is 2.49 bits per heavy atom. The Labute approximate surface area is 215 Å². The summed E-state index contributed by atoms with van der Waals surface area (Å²) in [6.45, 7) is 6.10. The van der Waals surface area contributed by atoms with E-state index in [1.54, 1.807) is 34.2 Å². The maximum atomic E-state index is 12.5. The molecule has 0 atom stereocenters. The topological polar surface area (TPSA) is 119 Å². The largest absolute Gasteiger partial charge is 0.465 e. The van der Waals surface area contributed by atoms with Gasteiger partial charge in [0.05, 0.1) is 12.4 Å². The van der Waals surface area contributed by atoms with E-state index in [0.717, 1.165) is 22.4 Å². The fraction of sp³-hybridized carbons (Fsp3) is 0.333. The fourth-order valence-electron chi connectivity index (χ4n) is 4.05. The molecule has 4 rings (SSSR count). The van der Waals surface area contributed by atoms with Crippen molar-refractivity contribution in [3.05, 3.63) is 88.4 Å². The van der Waals surface area contributed by atoms with Crippen LogP contribution in [0.1, 0.15) is 44.0 Å². The monoisotopic (exact) mass is 501 g/mol. The molecule has 0 saturated carbocycles. The van der Waals surface area contributed by atoms with Crippen molar-refractivity contribution in [2.75, 3.05) is 6.54 Å². The molecule has 0 aliphatic carbocycles. The Bertz CT molecular complexity index is 1440. The first-order chi connectivity index (χ1) is 17.6. The van der Waals surface area contributed by atoms with E-state index >= 15 is 0 Å². The van der Waals surface area contributed by atoms with Crippen LogP contribution in [0.2, 0.25) is 0 Å². The summed E-state index contributed by atoms with van der Waals surface area (Å²) in [5, 5.41) is 18.1. The van der Waals surface area contributed by atoms with Crippen molar-refractivity contribution in [1.82, 2.24) is 34.4 Å². The van der Waals surface area contributed by atoms with E-state index in [0.29, 0.717) is 37.3 Å². The number of carboxylic acid groups (broad SMARTS) is 1. The van der Waals surface area contributed by atoms with Crippen LogP contribution in [-0.2, 0) is 19.9 Å². The van der Waals surface area contributed by atoms with Crippen molar-refractivity contribution in [3.63, 3.8) is 0 Å². The molecule has 10 heteroatoms. The third-order valence-electron chi connectivity index (χ3n) is 5.99. The number of carbonyl (C=O) groups is 1. The first-order valence-corrected chi connectivity index (χ1v) is 12.1. The lowest BCUT2D eigenvalue weighted by atomic mass is 10.0. The van der Waals surface area contributed by atoms with Crippen molar-refractivity contribution in [1.29, 1.82) is 0 Å². The van der Waals surface area contributed by atoms with E-state index in [9.17, 15) is 14.7 Å². The molecular weight excluding hydrogens is 470 g/mol. The minimum atomic E-state index is -0.916. The molecule has 0 radical (unpaired) electrons. The van der Waals surface area contributed by atoms with E-state index in [-0.39, 0.29) is 5.43 Å². The molecule has 1 N–H and O–H groups in total. The van der Waals surface area contributed by atoms with Crippen LogP contribution in [0.15, 0.2) is 66.1 Å². The lowest BCUT2D eigenvalue weighted by Gasteiger charge is -2.33. The van der Waals surface area contributed by atoms with Crippen molar-refractivity contribution in [2.24, 2.45) is 7.05 Å². The summed E-state index contributed by atoms with van der Waals surface area (Å²) < 4.78 is 3.33. The van der Waals surface area contributed by atoms with E-state index in [4.69, 9.17) is 0 Å². The molecule has 10 nitrogen and oxygen atoms in total. The molecule has 0 unspecified atom stereocenters. The summed E-state index contributed by atoms with van der Waals surface area (Å²) in [5.41, 5.74) is 3.36. The molecule has 0 saturated heterocycles. The highest BCUT2D eigenvalue weighted by atomic mass is 16.4. The third kappa shape index (κ3) is 6.46. The zero-order valence-electron chi connectivity index (χ0n) is 21.5. The quantitative estimate of drug-likeness (QED) is 0.391. The summed E-state index contributed by atoms with van der Waals surface area (Å²) in [5.74, 6) is 0.584. The van der Waals surface area contributed by atoms with Gasteiger partial charge in [0.2, 0.25) is 5.43 Å². The van der Waals surface area contributed by atoms with Crippen molar-refractivity contribution in [3.8, 4) is 17.1 Å². The Morgan fingerprint density at radius 1 is 1.08 bits per heavy atom. The van der Waals surface area contributed by atoms with Crippen molar-refractivity contribution < 1.29 is 9.90 Å². The van der Waals surface area contributed by atoms with Gasteiger partial charge in [-0.3, -0.25) is 9.48 Å². The number of hydrogen-bond acceptors (Lipinski definition) is 6. The van der Waals surface area contributed by atoms with Crippen molar-refractivity contribution >= 4 is 6.09 Å². The Kier molecular flexibility index (Phi) is 7.47. The second kappa shape index (κ2) is 10.7. The normalized spacial score (nSPS) is 11.5. The number of benzene rings is 1. The van der Waals surface area contributed by atoms with Gasteiger partial charge >= 0.3 is 6.09 Å². The zero-order chi connectivity index (χ0) is 26.6. The second-order valence-electron chi connectivity index (χ2n) is 9.94. The highest BCUT2D eigenvalue weighted by Crippen LogP contribution is 2.19. The van der Waals surface area contributed by atoms with Crippen LogP contribution in [0.3, 0.4) is 0 Å². The Hall–Kier alpha value is -4.34. The molecule has 0 aliphatic rings. The second-order valence-corrected chi connectivity index (χ2v) is 9.94. The van der Waals surface area contributed by atoms with Crippen LogP contribution in [0.4, 0.5) is 4.79 Å². The van der Waals surface area contributed by atoms with Gasteiger partial charge in [0.15, 0.2) is 5.82 Å². The molecule has 0 aliphatic heterocycles. The van der Waals surface area contributed by atoms with Gasteiger partial charge in [-0.05, 0) is 50.8 Å². The van der Waals surface area contributed by atoms with E-state index < -0.39 is 11.6 Å². The number of aromatic nitrogens is 6. The summed E-state index contributed by atoms with van der Waals surface area (Å²) >= 11 is 0. The lowest BCUT2D eigenvalue weighted by molar-refractivity contribution is 0.0996. The van der Waals surface area contributed by atoms with Crippen LogP contribution in [-0.4, -0.2) is 57.7 Å². The van der Waals surface area contributed by atoms with Gasteiger partial charge in [0.1, 0.15) is 11.4 Å². The van der Waals surface area contributed by atoms with Gasteiger partial charge < -0.3 is 10.0 Å². The van der Waals surface area contributed by atoms with Gasteiger partial charge in [-0.25, -0.2) is 19.4 Å². The minimum Gasteiger partial charge on any atom is -0.465 e. The highest BCUT2D eigenvalue weighted by Gasteiger charge is 2.25. The van der Waals surface area contributed by atoms with Crippen LogP contribution in [0, 0.1) is 0 Å². The molecule has 4 aromatic rings. The van der Waals surface area contributed by atoms with Crippen LogP contribution < -0.4 is 5.43 Å². The lowest BCUT2D eigenvalue weighted by Crippen LogP contribution is -2.45. The molecule has 1 amide bonds. The molecule has 37 heavy (non-hydrogen) atoms. The van der Waals surface area contributed by atoms with E-state index in [1.807, 2.05) is 58.3 Å². The Balaban J connectivity index is 1.44. The molecule has 3 aromatic heterocycles. The average Bonchev–Trinajstić information content (AvgIpc) is 3.29. The van der Waals surface area contributed by atoms with Crippen LogP contribution in [0.25, 0.3) is 17.1 Å². The molecule has 0 spiro atoms. The number of amides is 1. The smallest absolute Gasteiger partial charge is 0.407 e. The minimum absolute atomic E-state index is 0.126. The van der Waals surface area contributed by atoms with Crippen LogP contribution >= 0.6 is 0 Å². The fourth-order valence-corrected chi connectivity index (χ4v) is 4.05. The Morgan fingerprint density at radius 2 is 1.84 bits per heavy atom. The maximum absolute atomic E-state index is 12.5. The zero-order valence-corrected chi connectivity index (χ0v) is 21.5. The standard InChI is InChI=1S/C27H31N7O3/c1-27(2,3)33(26(36)37)11-6-8-20-15-28-25(29-16-20)21-9-5-7-19(13-21)14-23-24(35)10-12-34(31-23)22-17-30-32(4)18-22/h5,7,9-10,12-13,15-18H,6,8,11,14H2,1-4H3,(H,36,37). The number of rotatable bonds is 8. The van der Waals surface area contributed by atoms with Gasteiger partial charge in [-0.15, -0.1) is 0 Å². The number of nitrogens with zero attached hydrogens (tertiary/aromatic N) is 7. The average molecular weight is 502 g/mol. The third-order valence-corrected chi connectivity index (χ3v) is 5.99. The summed E-state index contributed by atoms with van der Waals surface area (Å²) in [4.78, 5) is 34.5. The van der Waals surface area contributed by atoms with Gasteiger partial charge in [0.25, 0.3) is 0 Å². The van der Waals surface area contributed by atoms with Gasteiger partial charge in [-0.1, -0.05) is 18.2 Å². The summed E-state index contributed by atoms with van der Waals surface area (Å²) in [7, 11) is 1.83. The molecule has 0 fully saturated rings. The first-order valence-electron chi connectivity index (χ1n) is 12.1. The molecule has 192 valence electrons. The first kappa shape index (κ1) is 25.7. The van der Waals surface area contributed by atoms with Gasteiger partial charge in [0, 0.05) is 55.8 Å². The number of hydrogen-bond donors (Lipinski definition) is 1. The van der Waals surface area contributed by atoms with Gasteiger partial charge in [-0.2, -0.15) is 10.2 Å². The maximum Gasteiger partial charge on any atom is 0.407 e. The van der Waals surface area contributed by atoms with E-state index in [1.165, 1.54) is 11.0 Å². The SMILES string of the molecule is Cn1cc(-n2ccc(=O)c(Cc3cccc(-c4ncc(CCCN(C(=O)O)C(C)(C)C)cn4)c3)n2)cn1. The van der Waals surface area contributed by atoms with E-state index in [2.05, 4.69) is 20.2 Å². The molecule has 1 aromatic carbocycles. The predicted molar refractivity (Wildman–Crippen MR) is 140 cm³/mol. The molecule has 3 heterocycles. The molecular formula is C27H31N7O3. The summed E-state index contributed by atoms with van der Waals surface area (Å²) in [6, 6.07) is 9.27. The summed E-state index contributed by atoms with van der Waals surface area (Å²) in [6.07, 6.45) is 9.54. The number of aryl methyl sites for hydroxylation is 2. The van der Waals surface area contributed by atoms with Crippen LogP contribution in [0.5, 0.6) is 0 Å². The highest BCUT2D eigenvalue weighted by molar-refractivity contribution is 5.66. The molecule has 0 bridgehead atoms.